The largest absolute Gasteiger partial charge is 0.480 e. The standard InChI is InChI=1S/C11H21N3O4/c1-3-7(4-2)13-11(18)14-8(10(16)17)5-6-9(12)15/h7-8H,3-6H2,1-2H3,(H2,12,15)(H,16,17)(H2,13,14,18)/t8-/m0/s1. The van der Waals surface area contributed by atoms with Crippen molar-refractivity contribution < 1.29 is 19.5 Å². The van der Waals surface area contributed by atoms with Crippen LogP contribution in [0.3, 0.4) is 0 Å². The quantitative estimate of drug-likeness (QED) is 0.497. The fourth-order valence-electron chi connectivity index (χ4n) is 1.42. The van der Waals surface area contributed by atoms with Crippen molar-refractivity contribution in [2.45, 2.75) is 51.6 Å². The summed E-state index contributed by atoms with van der Waals surface area (Å²) in [6.07, 6.45) is 1.44. The second-order valence-corrected chi connectivity index (χ2v) is 4.03. The number of rotatable bonds is 8. The molecule has 0 unspecified atom stereocenters. The number of carboxylic acid groups (broad SMARTS) is 1. The summed E-state index contributed by atoms with van der Waals surface area (Å²) in [7, 11) is 0. The number of nitrogens with two attached hydrogens (primary N) is 1. The van der Waals surface area contributed by atoms with Gasteiger partial charge in [-0.2, -0.15) is 0 Å². The topological polar surface area (TPSA) is 122 Å². The van der Waals surface area contributed by atoms with Gasteiger partial charge in [-0.25, -0.2) is 9.59 Å². The maximum Gasteiger partial charge on any atom is 0.326 e. The summed E-state index contributed by atoms with van der Waals surface area (Å²) in [5, 5.41) is 13.9. The first kappa shape index (κ1) is 16.2. The third kappa shape index (κ3) is 6.72. The van der Waals surface area contributed by atoms with E-state index < -0.39 is 23.9 Å². The van der Waals surface area contributed by atoms with E-state index >= 15 is 0 Å². The van der Waals surface area contributed by atoms with Crippen LogP contribution in [0.4, 0.5) is 4.79 Å². The van der Waals surface area contributed by atoms with Gasteiger partial charge in [0.15, 0.2) is 0 Å². The minimum atomic E-state index is -1.18. The monoisotopic (exact) mass is 259 g/mol. The van der Waals surface area contributed by atoms with Crippen LogP contribution in [0.2, 0.25) is 0 Å². The highest BCUT2D eigenvalue weighted by Gasteiger charge is 2.21. The molecule has 104 valence electrons. The lowest BCUT2D eigenvalue weighted by Gasteiger charge is -2.18. The summed E-state index contributed by atoms with van der Waals surface area (Å²) in [6.45, 7) is 3.85. The Morgan fingerprint density at radius 1 is 1.17 bits per heavy atom. The molecule has 3 amide bonds. The van der Waals surface area contributed by atoms with Crippen LogP contribution >= 0.6 is 0 Å². The van der Waals surface area contributed by atoms with Gasteiger partial charge in [-0.05, 0) is 19.3 Å². The van der Waals surface area contributed by atoms with Gasteiger partial charge < -0.3 is 21.5 Å². The Bertz CT molecular complexity index is 303. The normalized spacial score (nSPS) is 11.9. The van der Waals surface area contributed by atoms with Crippen LogP contribution in [0.15, 0.2) is 0 Å². The first-order chi connectivity index (χ1) is 8.40. The van der Waals surface area contributed by atoms with E-state index in [0.29, 0.717) is 0 Å². The maximum atomic E-state index is 11.5. The number of urea groups is 1. The molecule has 0 spiro atoms. The molecule has 5 N–H and O–H groups in total. The van der Waals surface area contributed by atoms with Crippen molar-refractivity contribution in [2.24, 2.45) is 5.73 Å². The molecule has 0 aliphatic rings. The molecule has 0 saturated heterocycles. The molecule has 0 heterocycles. The van der Waals surface area contributed by atoms with Gasteiger partial charge in [0.2, 0.25) is 5.91 Å². The van der Waals surface area contributed by atoms with Crippen LogP contribution in [0.1, 0.15) is 39.5 Å². The molecule has 0 aliphatic carbocycles. The zero-order valence-corrected chi connectivity index (χ0v) is 10.7. The van der Waals surface area contributed by atoms with E-state index in [1.54, 1.807) is 0 Å². The zero-order valence-electron chi connectivity index (χ0n) is 10.7. The first-order valence-corrected chi connectivity index (χ1v) is 5.98. The van der Waals surface area contributed by atoms with Gasteiger partial charge in [0.05, 0.1) is 0 Å². The number of hydrogen-bond donors (Lipinski definition) is 4. The third-order valence-corrected chi connectivity index (χ3v) is 2.60. The summed E-state index contributed by atoms with van der Waals surface area (Å²) < 4.78 is 0. The Labute approximate surface area is 106 Å². The number of carboxylic acids is 1. The second-order valence-electron chi connectivity index (χ2n) is 4.03. The molecular weight excluding hydrogens is 238 g/mol. The van der Waals surface area contributed by atoms with Crippen LogP contribution in [0.25, 0.3) is 0 Å². The molecule has 0 fully saturated rings. The van der Waals surface area contributed by atoms with E-state index in [2.05, 4.69) is 10.6 Å². The van der Waals surface area contributed by atoms with E-state index in [4.69, 9.17) is 10.8 Å². The van der Waals surface area contributed by atoms with Crippen LogP contribution in [-0.4, -0.2) is 35.1 Å². The third-order valence-electron chi connectivity index (χ3n) is 2.60. The lowest BCUT2D eigenvalue weighted by Crippen LogP contribution is -2.49. The molecule has 0 bridgehead atoms. The highest BCUT2D eigenvalue weighted by molar-refractivity contribution is 5.83. The zero-order chi connectivity index (χ0) is 14.1. The highest BCUT2D eigenvalue weighted by Crippen LogP contribution is 1.99. The fraction of sp³-hybridized carbons (Fsp3) is 0.727. The van der Waals surface area contributed by atoms with Gasteiger partial charge in [-0.1, -0.05) is 13.8 Å². The molecule has 0 aromatic rings. The SMILES string of the molecule is CCC(CC)NC(=O)N[C@@H](CCC(N)=O)C(=O)O. The first-order valence-electron chi connectivity index (χ1n) is 5.98. The smallest absolute Gasteiger partial charge is 0.326 e. The van der Waals surface area contributed by atoms with Gasteiger partial charge >= 0.3 is 12.0 Å². The van der Waals surface area contributed by atoms with Gasteiger partial charge in [0, 0.05) is 12.5 Å². The maximum absolute atomic E-state index is 11.5. The minimum absolute atomic E-state index is 0.00980. The Morgan fingerprint density at radius 3 is 2.11 bits per heavy atom. The summed E-state index contributed by atoms with van der Waals surface area (Å²) >= 11 is 0. The van der Waals surface area contributed by atoms with Crippen molar-refractivity contribution in [1.82, 2.24) is 10.6 Å². The van der Waals surface area contributed by atoms with E-state index in [1.807, 2.05) is 13.8 Å². The lowest BCUT2D eigenvalue weighted by atomic mass is 10.1. The Morgan fingerprint density at radius 2 is 1.72 bits per heavy atom. The summed E-state index contributed by atoms with van der Waals surface area (Å²) in [4.78, 5) is 33.0. The van der Waals surface area contributed by atoms with Gasteiger partial charge in [-0.3, -0.25) is 4.79 Å². The van der Waals surface area contributed by atoms with Gasteiger partial charge in [0.1, 0.15) is 6.04 Å². The van der Waals surface area contributed by atoms with E-state index in [9.17, 15) is 14.4 Å². The molecule has 0 saturated carbocycles. The molecule has 0 aliphatic heterocycles. The molecule has 0 rings (SSSR count). The van der Waals surface area contributed by atoms with E-state index in [-0.39, 0.29) is 18.9 Å². The Hall–Kier alpha value is -1.79. The Kier molecular flexibility index (Phi) is 7.50. The predicted molar refractivity (Wildman–Crippen MR) is 65.9 cm³/mol. The van der Waals surface area contributed by atoms with E-state index in [0.717, 1.165) is 12.8 Å². The average Bonchev–Trinajstić information content (AvgIpc) is 2.30. The molecule has 0 aromatic carbocycles. The number of amides is 3. The molecule has 18 heavy (non-hydrogen) atoms. The number of carbonyl (C=O) groups is 3. The van der Waals surface area contributed by atoms with Crippen LogP contribution in [-0.2, 0) is 9.59 Å². The lowest BCUT2D eigenvalue weighted by molar-refractivity contribution is -0.139. The Balaban J connectivity index is 4.27. The van der Waals surface area contributed by atoms with E-state index in [1.165, 1.54) is 0 Å². The predicted octanol–water partition coefficient (Wildman–Crippen LogP) is 0.193. The number of primary amides is 1. The second kappa shape index (κ2) is 8.32. The molecular formula is C11H21N3O4. The number of aliphatic carboxylic acids is 1. The van der Waals surface area contributed by atoms with Gasteiger partial charge in [-0.15, -0.1) is 0 Å². The molecule has 7 nitrogen and oxygen atoms in total. The fourth-order valence-corrected chi connectivity index (χ4v) is 1.42. The van der Waals surface area contributed by atoms with Crippen molar-refractivity contribution >= 4 is 17.9 Å². The van der Waals surface area contributed by atoms with Gasteiger partial charge in [0.25, 0.3) is 0 Å². The van der Waals surface area contributed by atoms with Crippen molar-refractivity contribution in [2.75, 3.05) is 0 Å². The summed E-state index contributed by atoms with van der Waals surface area (Å²) in [6, 6.07) is -1.64. The molecule has 7 heteroatoms. The molecule has 0 radical (unpaired) electrons. The molecule has 1 atom stereocenters. The minimum Gasteiger partial charge on any atom is -0.480 e. The van der Waals surface area contributed by atoms with Crippen LogP contribution in [0, 0.1) is 0 Å². The van der Waals surface area contributed by atoms with Crippen molar-refractivity contribution in [1.29, 1.82) is 0 Å². The molecule has 0 aromatic heterocycles. The number of nitrogens with one attached hydrogen (secondary N) is 2. The van der Waals surface area contributed by atoms with Crippen LogP contribution < -0.4 is 16.4 Å². The van der Waals surface area contributed by atoms with Crippen molar-refractivity contribution in [3.05, 3.63) is 0 Å². The average molecular weight is 259 g/mol. The van der Waals surface area contributed by atoms with Crippen molar-refractivity contribution in [3.8, 4) is 0 Å². The summed E-state index contributed by atoms with van der Waals surface area (Å²) in [5.41, 5.74) is 4.94. The van der Waals surface area contributed by atoms with Crippen molar-refractivity contribution in [3.63, 3.8) is 0 Å². The van der Waals surface area contributed by atoms with Crippen LogP contribution in [0.5, 0.6) is 0 Å². The number of hydrogen-bond acceptors (Lipinski definition) is 3. The number of carbonyl (C=O) groups excluding carboxylic acids is 2. The highest BCUT2D eigenvalue weighted by atomic mass is 16.4. The summed E-state index contributed by atoms with van der Waals surface area (Å²) in [5.74, 6) is -1.78.